The molecule has 174 valence electrons. The SMILES string of the molecule is CCO.CS(=O)Cc1ccn2ncnc(Nc3ccc(CCc4cccc(F)c4)c(Cl)c3)c12. The predicted molar refractivity (Wildman–Crippen MR) is 132 cm³/mol. The van der Waals surface area contributed by atoms with E-state index >= 15 is 0 Å². The molecule has 0 saturated carbocycles. The molecule has 4 rings (SSSR count). The number of aryl methyl sites for hydroxylation is 2. The van der Waals surface area contributed by atoms with Gasteiger partial charge in [0.15, 0.2) is 5.82 Å². The average Bonchev–Trinajstić information content (AvgIpc) is 3.17. The van der Waals surface area contributed by atoms with Crippen molar-refractivity contribution in [2.24, 2.45) is 0 Å². The molecule has 2 aromatic heterocycles. The number of aromatic nitrogens is 3. The molecule has 2 aromatic carbocycles. The number of nitrogens with zero attached hydrogens (tertiary/aromatic N) is 3. The maximum Gasteiger partial charge on any atom is 0.158 e. The maximum absolute atomic E-state index is 13.4. The number of aliphatic hydroxyl groups is 1. The van der Waals surface area contributed by atoms with Crippen molar-refractivity contribution in [3.8, 4) is 0 Å². The molecule has 6 nitrogen and oxygen atoms in total. The van der Waals surface area contributed by atoms with Crippen molar-refractivity contribution >= 4 is 39.4 Å². The highest BCUT2D eigenvalue weighted by Gasteiger charge is 2.12. The summed E-state index contributed by atoms with van der Waals surface area (Å²) in [5, 5.41) is 15.7. The van der Waals surface area contributed by atoms with E-state index in [0.29, 0.717) is 29.4 Å². The summed E-state index contributed by atoms with van der Waals surface area (Å²) in [6, 6.07) is 14.3. The van der Waals surface area contributed by atoms with Gasteiger partial charge in [0.25, 0.3) is 0 Å². The Kier molecular flexibility index (Phi) is 8.94. The lowest BCUT2D eigenvalue weighted by molar-refractivity contribution is 0.318. The Labute approximate surface area is 199 Å². The van der Waals surface area contributed by atoms with Gasteiger partial charge in [-0.15, -0.1) is 0 Å². The molecular formula is C24H26ClFN4O2S. The number of anilines is 2. The van der Waals surface area contributed by atoms with Crippen LogP contribution in [0.4, 0.5) is 15.9 Å². The van der Waals surface area contributed by atoms with Crippen molar-refractivity contribution in [1.82, 2.24) is 14.6 Å². The normalized spacial score (nSPS) is 11.7. The summed E-state index contributed by atoms with van der Waals surface area (Å²) in [6.07, 6.45) is 6.39. The minimum Gasteiger partial charge on any atom is -0.397 e. The van der Waals surface area contributed by atoms with Gasteiger partial charge in [0.05, 0.1) is 5.75 Å². The van der Waals surface area contributed by atoms with Gasteiger partial charge < -0.3 is 10.4 Å². The zero-order valence-electron chi connectivity index (χ0n) is 18.5. The van der Waals surface area contributed by atoms with Crippen LogP contribution in [-0.2, 0) is 29.4 Å². The van der Waals surface area contributed by atoms with Crippen molar-refractivity contribution < 1.29 is 13.7 Å². The first kappa shape index (κ1) is 24.8. The second-order valence-electron chi connectivity index (χ2n) is 7.34. The predicted octanol–water partition coefficient (Wildman–Crippen LogP) is 4.93. The Balaban J connectivity index is 0.000000968. The van der Waals surface area contributed by atoms with Crippen LogP contribution in [-0.4, -0.2) is 36.8 Å². The summed E-state index contributed by atoms with van der Waals surface area (Å²) >= 11 is 6.50. The molecule has 1 atom stereocenters. The number of benzene rings is 2. The van der Waals surface area contributed by atoms with Crippen LogP contribution in [0.3, 0.4) is 0 Å². The summed E-state index contributed by atoms with van der Waals surface area (Å²) in [4.78, 5) is 4.36. The molecule has 33 heavy (non-hydrogen) atoms. The van der Waals surface area contributed by atoms with E-state index in [1.165, 1.54) is 12.4 Å². The number of hydrogen-bond donors (Lipinski definition) is 2. The van der Waals surface area contributed by atoms with E-state index in [4.69, 9.17) is 16.7 Å². The van der Waals surface area contributed by atoms with Crippen LogP contribution in [0, 0.1) is 5.82 Å². The van der Waals surface area contributed by atoms with Crippen molar-refractivity contribution in [3.63, 3.8) is 0 Å². The van der Waals surface area contributed by atoms with Crippen LogP contribution in [0.25, 0.3) is 5.52 Å². The highest BCUT2D eigenvalue weighted by molar-refractivity contribution is 7.83. The lowest BCUT2D eigenvalue weighted by Gasteiger charge is -2.11. The molecule has 9 heteroatoms. The minimum atomic E-state index is -0.974. The third-order valence-corrected chi connectivity index (χ3v) is 5.85. The Morgan fingerprint density at radius 3 is 2.64 bits per heavy atom. The Bertz CT molecular complexity index is 1250. The van der Waals surface area contributed by atoms with Gasteiger partial charge in [0, 0.05) is 40.6 Å². The summed E-state index contributed by atoms with van der Waals surface area (Å²) in [7, 11) is -0.974. The number of hydrogen-bond acceptors (Lipinski definition) is 5. The van der Waals surface area contributed by atoms with Gasteiger partial charge in [-0.2, -0.15) is 5.10 Å². The Hall–Kier alpha value is -2.81. The second kappa shape index (κ2) is 11.9. The molecule has 2 heterocycles. The first-order valence-electron chi connectivity index (χ1n) is 10.4. The van der Waals surface area contributed by atoms with Crippen LogP contribution in [0.15, 0.2) is 61.1 Å². The molecule has 0 saturated heterocycles. The number of fused-ring (bicyclic) bond motifs is 1. The average molecular weight is 489 g/mol. The standard InChI is InChI=1S/C22H20ClFN4OS.C2H6O/c1-30(29)13-17-9-10-28-21(17)22(25-14-26-28)27-19-8-7-16(20(23)12-19)6-5-15-3-2-4-18(24)11-15;1-2-3/h2-4,7-12,14H,5-6,13H2,1H3,(H,25,26,27);3H,2H2,1H3. The fourth-order valence-electron chi connectivity index (χ4n) is 3.38. The van der Waals surface area contributed by atoms with E-state index < -0.39 is 10.8 Å². The number of nitrogens with one attached hydrogen (secondary N) is 1. The summed E-state index contributed by atoms with van der Waals surface area (Å²) in [6.45, 7) is 1.93. The third kappa shape index (κ3) is 6.83. The Morgan fingerprint density at radius 1 is 1.15 bits per heavy atom. The largest absolute Gasteiger partial charge is 0.397 e. The molecule has 0 fully saturated rings. The van der Waals surface area contributed by atoms with Crippen LogP contribution in [0.2, 0.25) is 5.02 Å². The fraction of sp³-hybridized carbons (Fsp3) is 0.250. The molecule has 0 spiro atoms. The lowest BCUT2D eigenvalue weighted by atomic mass is 10.0. The zero-order valence-corrected chi connectivity index (χ0v) is 20.0. The fourth-order valence-corrected chi connectivity index (χ4v) is 4.33. The van der Waals surface area contributed by atoms with Crippen molar-refractivity contribution in [1.29, 1.82) is 0 Å². The molecule has 0 aliphatic rings. The highest BCUT2D eigenvalue weighted by atomic mass is 35.5. The van der Waals surface area contributed by atoms with E-state index in [9.17, 15) is 8.60 Å². The molecule has 0 amide bonds. The summed E-state index contributed by atoms with van der Waals surface area (Å²) in [5.41, 5.74) is 4.42. The quantitative estimate of drug-likeness (QED) is 0.385. The molecule has 0 aliphatic carbocycles. The molecule has 2 N–H and O–H groups in total. The molecular weight excluding hydrogens is 463 g/mol. The van der Waals surface area contributed by atoms with Gasteiger partial charge in [0.1, 0.15) is 17.7 Å². The molecule has 0 aliphatic heterocycles. The molecule has 0 bridgehead atoms. The lowest BCUT2D eigenvalue weighted by Crippen LogP contribution is -2.02. The number of rotatable bonds is 7. The molecule has 0 radical (unpaired) electrons. The maximum atomic E-state index is 13.4. The topological polar surface area (TPSA) is 79.5 Å². The second-order valence-corrected chi connectivity index (χ2v) is 9.18. The van der Waals surface area contributed by atoms with Crippen LogP contribution < -0.4 is 5.32 Å². The van der Waals surface area contributed by atoms with Crippen LogP contribution in [0.1, 0.15) is 23.6 Å². The van der Waals surface area contributed by atoms with Crippen molar-refractivity contribution in [2.75, 3.05) is 18.2 Å². The van der Waals surface area contributed by atoms with E-state index in [-0.39, 0.29) is 12.4 Å². The van der Waals surface area contributed by atoms with Gasteiger partial charge in [-0.25, -0.2) is 13.9 Å². The first-order chi connectivity index (χ1) is 15.9. The van der Waals surface area contributed by atoms with Crippen molar-refractivity contribution in [2.45, 2.75) is 25.5 Å². The van der Waals surface area contributed by atoms with E-state index in [1.807, 2.05) is 36.5 Å². The molecule has 1 unspecified atom stereocenters. The first-order valence-corrected chi connectivity index (χ1v) is 12.5. The Morgan fingerprint density at radius 2 is 1.94 bits per heavy atom. The minimum absolute atomic E-state index is 0.231. The number of halogens is 2. The van der Waals surface area contributed by atoms with Gasteiger partial charge in [-0.05, 0) is 66.8 Å². The van der Waals surface area contributed by atoms with Gasteiger partial charge >= 0.3 is 0 Å². The van der Waals surface area contributed by atoms with Gasteiger partial charge in [0.2, 0.25) is 0 Å². The third-order valence-electron chi connectivity index (χ3n) is 4.78. The van der Waals surface area contributed by atoms with E-state index in [2.05, 4.69) is 15.4 Å². The van der Waals surface area contributed by atoms with Crippen molar-refractivity contribution in [3.05, 3.63) is 88.6 Å². The molecule has 4 aromatic rings. The highest BCUT2D eigenvalue weighted by Crippen LogP contribution is 2.27. The zero-order chi connectivity index (χ0) is 23.8. The summed E-state index contributed by atoms with van der Waals surface area (Å²) < 4.78 is 26.8. The van der Waals surface area contributed by atoms with Crippen LogP contribution >= 0.6 is 11.6 Å². The van der Waals surface area contributed by atoms with Gasteiger partial charge in [-0.1, -0.05) is 29.8 Å². The van der Waals surface area contributed by atoms with Gasteiger partial charge in [-0.3, -0.25) is 4.21 Å². The van der Waals surface area contributed by atoms with E-state index in [0.717, 1.165) is 27.9 Å². The monoisotopic (exact) mass is 488 g/mol. The van der Waals surface area contributed by atoms with Crippen LogP contribution in [0.5, 0.6) is 0 Å². The summed E-state index contributed by atoms with van der Waals surface area (Å²) in [5.74, 6) is 0.822. The van der Waals surface area contributed by atoms with E-state index in [1.54, 1.807) is 29.8 Å². The number of aliphatic hydroxyl groups excluding tert-OH is 1. The smallest absolute Gasteiger partial charge is 0.158 e.